The Morgan fingerprint density at radius 3 is 2.62 bits per heavy atom. The number of benzene rings is 1. The van der Waals surface area contributed by atoms with Crippen LogP contribution in [0.25, 0.3) is 0 Å². The summed E-state index contributed by atoms with van der Waals surface area (Å²) in [6.45, 7) is 13.3. The van der Waals surface area contributed by atoms with Crippen LogP contribution in [0.2, 0.25) is 18.1 Å². The normalized spacial score (nSPS) is 24.6. The molecule has 4 atom stereocenters. The van der Waals surface area contributed by atoms with E-state index >= 15 is 0 Å². The highest BCUT2D eigenvalue weighted by molar-refractivity contribution is 6.74. The minimum absolute atomic E-state index is 0.0505. The molecule has 214 valence electrons. The second-order valence-corrected chi connectivity index (χ2v) is 16.7. The molecular weight excluding hydrogens is 510 g/mol. The van der Waals surface area contributed by atoms with Gasteiger partial charge in [0.25, 0.3) is 0 Å². The van der Waals surface area contributed by atoms with E-state index < -0.39 is 20.4 Å². The molecule has 1 saturated heterocycles. The highest BCUT2D eigenvalue weighted by atomic mass is 28.4. The molecule has 0 aromatic heterocycles. The summed E-state index contributed by atoms with van der Waals surface area (Å²) < 4.78 is 19.3. The predicted octanol–water partition coefficient (Wildman–Crippen LogP) is 6.34. The topological polar surface area (TPSA) is 94.1 Å². The molecule has 0 saturated carbocycles. The van der Waals surface area contributed by atoms with Gasteiger partial charge in [-0.1, -0.05) is 64.1 Å². The lowest BCUT2D eigenvalue weighted by atomic mass is 9.91. The number of carbonyl (C=O) groups is 2. The van der Waals surface area contributed by atoms with Crippen molar-refractivity contribution in [2.24, 2.45) is 0 Å². The molecule has 2 bridgehead atoms. The zero-order chi connectivity index (χ0) is 28.6. The molecule has 0 aliphatic carbocycles. The molecule has 7 nitrogen and oxygen atoms in total. The Bertz CT molecular complexity index is 1090. The Kier molecular flexibility index (Phi) is 10.8. The van der Waals surface area contributed by atoms with Crippen molar-refractivity contribution < 1.29 is 28.6 Å². The van der Waals surface area contributed by atoms with E-state index in [2.05, 4.69) is 39.2 Å². The molecule has 2 N–H and O–H groups in total. The number of carbonyl (C=O) groups excluding carboxylic acids is 2. The van der Waals surface area contributed by atoms with Gasteiger partial charge in [-0.2, -0.15) is 0 Å². The van der Waals surface area contributed by atoms with Gasteiger partial charge in [0, 0.05) is 31.2 Å². The molecule has 2 heterocycles. The number of ether oxygens (including phenoxy) is 2. The van der Waals surface area contributed by atoms with Gasteiger partial charge in [-0.05, 0) is 55.4 Å². The highest BCUT2D eigenvalue weighted by Crippen LogP contribution is 2.40. The lowest BCUT2D eigenvalue weighted by Gasteiger charge is -2.44. The maximum atomic E-state index is 13.2. The summed E-state index contributed by atoms with van der Waals surface area (Å²) in [5.41, 5.74) is 0.906. The summed E-state index contributed by atoms with van der Waals surface area (Å²) in [6.07, 6.45) is 13.4. The quantitative estimate of drug-likeness (QED) is 0.168. The predicted molar refractivity (Wildman–Crippen MR) is 156 cm³/mol. The number of hydrogen-bond donors (Lipinski definition) is 2. The number of fused-ring (bicyclic) bond motifs is 3. The number of allylic oxidation sites excluding steroid dienone is 3. The van der Waals surface area contributed by atoms with E-state index in [1.807, 2.05) is 25.1 Å². The molecule has 1 amide bonds. The summed E-state index contributed by atoms with van der Waals surface area (Å²) in [5.74, 6) is -0.868. The van der Waals surface area contributed by atoms with Crippen LogP contribution in [-0.4, -0.2) is 49.7 Å². The van der Waals surface area contributed by atoms with Crippen LogP contribution in [0, 0.1) is 0 Å². The number of hydrogen-bond acceptors (Lipinski definition) is 6. The Hall–Kier alpha value is -2.68. The molecular formula is C31H45NO6Si. The maximum Gasteiger partial charge on any atom is 0.342 e. The average molecular weight is 556 g/mol. The van der Waals surface area contributed by atoms with Crippen LogP contribution in [0.4, 0.5) is 0 Å². The first kappa shape index (κ1) is 30.9. The van der Waals surface area contributed by atoms with Gasteiger partial charge in [-0.25, -0.2) is 4.79 Å². The van der Waals surface area contributed by atoms with Crippen LogP contribution >= 0.6 is 0 Å². The first-order valence-electron chi connectivity index (χ1n) is 14.0. The van der Waals surface area contributed by atoms with Crippen molar-refractivity contribution in [1.82, 2.24) is 5.32 Å². The van der Waals surface area contributed by atoms with E-state index in [1.165, 1.54) is 12.1 Å². The van der Waals surface area contributed by atoms with Crippen LogP contribution < -0.4 is 5.32 Å². The van der Waals surface area contributed by atoms with Gasteiger partial charge in [-0.3, -0.25) is 4.79 Å². The molecule has 3 rings (SSSR count). The van der Waals surface area contributed by atoms with Crippen LogP contribution in [0.5, 0.6) is 5.75 Å². The lowest BCUT2D eigenvalue weighted by Crippen LogP contribution is -2.48. The van der Waals surface area contributed by atoms with Gasteiger partial charge in [-0.15, -0.1) is 0 Å². The molecule has 1 aromatic rings. The van der Waals surface area contributed by atoms with Crippen molar-refractivity contribution in [2.75, 3.05) is 0 Å². The van der Waals surface area contributed by atoms with E-state index in [0.29, 0.717) is 24.8 Å². The van der Waals surface area contributed by atoms with Crippen LogP contribution in [0.1, 0.15) is 75.7 Å². The van der Waals surface area contributed by atoms with E-state index in [9.17, 15) is 14.7 Å². The number of nitrogens with one attached hydrogen (secondary N) is 1. The number of phenolic OH excluding ortho intramolecular Hbond substituents is 1. The second kappa shape index (κ2) is 13.6. The fourth-order valence-corrected chi connectivity index (χ4v) is 6.12. The van der Waals surface area contributed by atoms with E-state index in [1.54, 1.807) is 24.4 Å². The minimum atomic E-state index is -1.99. The molecule has 8 heteroatoms. The number of amides is 1. The first-order valence-corrected chi connectivity index (χ1v) is 16.9. The Morgan fingerprint density at radius 1 is 1.15 bits per heavy atom. The van der Waals surface area contributed by atoms with Gasteiger partial charge in [0.1, 0.15) is 17.4 Å². The van der Waals surface area contributed by atoms with Gasteiger partial charge in [0.05, 0.1) is 12.2 Å². The van der Waals surface area contributed by atoms with Gasteiger partial charge in [0.2, 0.25) is 5.91 Å². The van der Waals surface area contributed by atoms with Crippen molar-refractivity contribution in [3.8, 4) is 5.75 Å². The molecule has 39 heavy (non-hydrogen) atoms. The van der Waals surface area contributed by atoms with E-state index in [4.69, 9.17) is 13.9 Å². The number of aromatic hydroxyl groups is 1. The van der Waals surface area contributed by atoms with Crippen molar-refractivity contribution in [3.05, 3.63) is 65.9 Å². The number of rotatable bonds is 8. The fraction of sp³-hybridized carbons (Fsp3) is 0.548. The standard InChI is InChI=1S/C31H45NO6Si/c1-7-8-9-10-16-28(34)32-17-12-14-23-19-25-21-26(38-39(5,6)31(2,3)4)20-24(36-25)18-22-13-11-15-27(33)29(22)30(35)37-23/h8-13,15-17,23-26,33H,7,14,18-21H2,1-6H3,(H,32,34)/b9-8-,16-10-,17-12+/t23-,24-,25-,26-/m0/s1. The highest BCUT2D eigenvalue weighted by Gasteiger charge is 2.42. The van der Waals surface area contributed by atoms with Gasteiger partial charge >= 0.3 is 5.97 Å². The summed E-state index contributed by atoms with van der Waals surface area (Å²) >= 11 is 0. The Labute approximate surface area is 234 Å². The number of cyclic esters (lactones) is 1. The fourth-order valence-electron chi connectivity index (χ4n) is 4.74. The van der Waals surface area contributed by atoms with Gasteiger partial charge < -0.3 is 24.3 Å². The third-order valence-corrected chi connectivity index (χ3v) is 12.3. The summed E-state index contributed by atoms with van der Waals surface area (Å²) in [6, 6.07) is 5.10. The number of esters is 1. The van der Waals surface area contributed by atoms with Crippen molar-refractivity contribution in [1.29, 1.82) is 0 Å². The maximum absolute atomic E-state index is 13.2. The lowest BCUT2D eigenvalue weighted by molar-refractivity contribution is -0.115. The summed E-state index contributed by atoms with van der Waals surface area (Å²) in [4.78, 5) is 25.2. The second-order valence-electron chi connectivity index (χ2n) is 12.0. The Balaban J connectivity index is 1.79. The molecule has 0 unspecified atom stereocenters. The average Bonchev–Trinajstić information content (AvgIpc) is 2.83. The molecule has 0 spiro atoms. The molecule has 1 aromatic carbocycles. The third kappa shape index (κ3) is 8.91. The largest absolute Gasteiger partial charge is 0.507 e. The summed E-state index contributed by atoms with van der Waals surface area (Å²) in [7, 11) is -1.99. The smallest absolute Gasteiger partial charge is 0.342 e. The zero-order valence-electron chi connectivity index (χ0n) is 24.2. The minimum Gasteiger partial charge on any atom is -0.507 e. The van der Waals surface area contributed by atoms with Crippen LogP contribution in [0.3, 0.4) is 0 Å². The zero-order valence-corrected chi connectivity index (χ0v) is 25.2. The first-order chi connectivity index (χ1) is 18.4. The number of phenols is 1. The van der Waals surface area contributed by atoms with Crippen molar-refractivity contribution in [2.45, 2.75) is 109 Å². The monoisotopic (exact) mass is 555 g/mol. The molecule has 1 fully saturated rings. The Morgan fingerprint density at radius 2 is 1.90 bits per heavy atom. The molecule has 0 radical (unpaired) electrons. The van der Waals surface area contributed by atoms with Crippen LogP contribution in [-0.2, 0) is 25.1 Å². The van der Waals surface area contributed by atoms with Gasteiger partial charge in [0.15, 0.2) is 8.32 Å². The van der Waals surface area contributed by atoms with Crippen molar-refractivity contribution in [3.63, 3.8) is 0 Å². The van der Waals surface area contributed by atoms with E-state index in [0.717, 1.165) is 19.3 Å². The SMILES string of the molecule is CC/C=C\C=C/C(=O)N/C=C/C[C@H]1C[C@H]2C[C@@H](O[Si](C)(C)C(C)(C)C)C[C@H](Cc3cccc(O)c3C(=O)O1)O2. The van der Waals surface area contributed by atoms with E-state index in [-0.39, 0.29) is 40.6 Å². The van der Waals surface area contributed by atoms with Crippen molar-refractivity contribution >= 4 is 20.2 Å². The molecule has 2 aliphatic heterocycles. The third-order valence-electron chi connectivity index (χ3n) is 7.76. The summed E-state index contributed by atoms with van der Waals surface area (Å²) in [5, 5.41) is 13.4. The molecule has 2 aliphatic rings. The van der Waals surface area contributed by atoms with Crippen LogP contribution in [0.15, 0.2) is 54.8 Å².